The minimum absolute atomic E-state index is 0.347. The molecule has 0 radical (unpaired) electrons. The third-order valence-corrected chi connectivity index (χ3v) is 3.57. The number of hydrogen-bond donors (Lipinski definition) is 1. The number of rotatable bonds is 4. The zero-order valence-corrected chi connectivity index (χ0v) is 10.8. The van der Waals surface area contributed by atoms with Crippen molar-refractivity contribution >= 4 is 0 Å². The molecule has 1 aromatic rings. The lowest BCUT2D eigenvalue weighted by atomic mass is 9.97. The summed E-state index contributed by atoms with van der Waals surface area (Å²) in [5.74, 6) is 0. The first-order valence-corrected chi connectivity index (χ1v) is 6.53. The number of ether oxygens (including phenoxy) is 1. The molecule has 1 fully saturated rings. The Morgan fingerprint density at radius 1 is 1.41 bits per heavy atom. The number of aliphatic hydroxyl groups excluding tert-OH is 1. The van der Waals surface area contributed by atoms with E-state index in [0.717, 1.165) is 31.4 Å². The maximum atomic E-state index is 10.2. The normalized spacial score (nSPS) is 21.7. The van der Waals surface area contributed by atoms with Crippen LogP contribution >= 0.6 is 0 Å². The summed E-state index contributed by atoms with van der Waals surface area (Å²) >= 11 is 0. The van der Waals surface area contributed by atoms with Gasteiger partial charge in [-0.15, -0.1) is 0 Å². The fourth-order valence-corrected chi connectivity index (χ4v) is 2.57. The van der Waals surface area contributed by atoms with Crippen molar-refractivity contribution in [2.24, 2.45) is 0 Å². The van der Waals surface area contributed by atoms with Gasteiger partial charge in [-0.1, -0.05) is 23.8 Å². The first-order valence-electron chi connectivity index (χ1n) is 6.53. The third kappa shape index (κ3) is 3.30. The molecule has 1 aliphatic heterocycles. The van der Waals surface area contributed by atoms with Gasteiger partial charge in [-0.3, -0.25) is 0 Å². The van der Waals surface area contributed by atoms with Crippen LogP contribution in [-0.2, 0) is 4.74 Å². The van der Waals surface area contributed by atoms with Gasteiger partial charge in [0.25, 0.3) is 0 Å². The molecule has 0 amide bonds. The fourth-order valence-electron chi connectivity index (χ4n) is 2.57. The smallest absolute Gasteiger partial charge is 0.0793 e. The van der Waals surface area contributed by atoms with E-state index in [1.165, 1.54) is 17.5 Å². The molecule has 1 aliphatic rings. The number of benzene rings is 1. The Bertz CT molecular complexity index is 367. The van der Waals surface area contributed by atoms with Crippen LogP contribution in [0.25, 0.3) is 0 Å². The Labute approximate surface area is 104 Å². The maximum Gasteiger partial charge on any atom is 0.0793 e. The molecule has 2 unspecified atom stereocenters. The topological polar surface area (TPSA) is 29.5 Å². The second-order valence-electron chi connectivity index (χ2n) is 5.09. The Kier molecular flexibility index (Phi) is 4.19. The van der Waals surface area contributed by atoms with Crippen LogP contribution < -0.4 is 0 Å². The molecule has 1 heterocycles. The predicted octanol–water partition coefficient (Wildman–Crippen LogP) is 3.30. The molecule has 1 aromatic carbocycles. The molecule has 0 aliphatic carbocycles. The molecule has 2 heteroatoms. The van der Waals surface area contributed by atoms with Gasteiger partial charge in [0.1, 0.15) is 0 Å². The van der Waals surface area contributed by atoms with Gasteiger partial charge < -0.3 is 9.84 Å². The van der Waals surface area contributed by atoms with Gasteiger partial charge in [-0.2, -0.15) is 0 Å². The van der Waals surface area contributed by atoms with E-state index in [2.05, 4.69) is 26.0 Å². The fraction of sp³-hybridized carbons (Fsp3) is 0.600. The van der Waals surface area contributed by atoms with E-state index in [1.54, 1.807) is 0 Å². The van der Waals surface area contributed by atoms with E-state index in [4.69, 9.17) is 4.74 Å². The van der Waals surface area contributed by atoms with Gasteiger partial charge in [0.05, 0.1) is 12.2 Å². The van der Waals surface area contributed by atoms with Crippen LogP contribution in [0.5, 0.6) is 0 Å². The van der Waals surface area contributed by atoms with Gasteiger partial charge >= 0.3 is 0 Å². The molecule has 0 saturated carbocycles. The molecule has 17 heavy (non-hydrogen) atoms. The highest BCUT2D eigenvalue weighted by atomic mass is 16.5. The highest BCUT2D eigenvalue weighted by Gasteiger charge is 2.18. The van der Waals surface area contributed by atoms with Gasteiger partial charge in [-0.05, 0) is 50.7 Å². The van der Waals surface area contributed by atoms with Crippen molar-refractivity contribution in [2.75, 3.05) is 6.61 Å². The molecular formula is C15H22O2. The maximum absolute atomic E-state index is 10.2. The van der Waals surface area contributed by atoms with Crippen LogP contribution in [0, 0.1) is 13.8 Å². The molecular weight excluding hydrogens is 212 g/mol. The van der Waals surface area contributed by atoms with Crippen molar-refractivity contribution < 1.29 is 9.84 Å². The molecule has 94 valence electrons. The van der Waals surface area contributed by atoms with E-state index in [1.807, 2.05) is 6.07 Å². The van der Waals surface area contributed by atoms with Gasteiger partial charge in [0.15, 0.2) is 0 Å². The second-order valence-corrected chi connectivity index (χ2v) is 5.09. The van der Waals surface area contributed by atoms with Crippen molar-refractivity contribution in [3.8, 4) is 0 Å². The van der Waals surface area contributed by atoms with E-state index in [9.17, 15) is 5.11 Å². The number of aryl methyl sites for hydroxylation is 2. The van der Waals surface area contributed by atoms with E-state index < -0.39 is 0 Å². The van der Waals surface area contributed by atoms with E-state index in [0.29, 0.717) is 6.10 Å². The number of aliphatic hydroxyl groups is 1. The Morgan fingerprint density at radius 2 is 2.24 bits per heavy atom. The summed E-state index contributed by atoms with van der Waals surface area (Å²) in [7, 11) is 0. The van der Waals surface area contributed by atoms with Crippen LogP contribution in [0.4, 0.5) is 0 Å². The van der Waals surface area contributed by atoms with Gasteiger partial charge in [0.2, 0.25) is 0 Å². The van der Waals surface area contributed by atoms with E-state index >= 15 is 0 Å². The van der Waals surface area contributed by atoms with Crippen LogP contribution in [0.3, 0.4) is 0 Å². The highest BCUT2D eigenvalue weighted by Crippen LogP contribution is 2.26. The quantitative estimate of drug-likeness (QED) is 0.866. The SMILES string of the molecule is Cc1ccc(C(O)CCC2CCCO2)c(C)c1. The lowest BCUT2D eigenvalue weighted by molar-refractivity contribution is 0.0811. The highest BCUT2D eigenvalue weighted by molar-refractivity contribution is 5.31. The molecule has 0 aromatic heterocycles. The van der Waals surface area contributed by atoms with Crippen LogP contribution in [0.1, 0.15) is 48.5 Å². The van der Waals surface area contributed by atoms with Crippen molar-refractivity contribution in [3.63, 3.8) is 0 Å². The average Bonchev–Trinajstić information content (AvgIpc) is 2.78. The van der Waals surface area contributed by atoms with Gasteiger partial charge in [-0.25, -0.2) is 0 Å². The lowest BCUT2D eigenvalue weighted by Crippen LogP contribution is -2.08. The largest absolute Gasteiger partial charge is 0.388 e. The van der Waals surface area contributed by atoms with Crippen molar-refractivity contribution in [2.45, 2.75) is 51.7 Å². The summed E-state index contributed by atoms with van der Waals surface area (Å²) in [5, 5.41) is 10.2. The van der Waals surface area contributed by atoms with Gasteiger partial charge in [0, 0.05) is 6.61 Å². The first kappa shape index (κ1) is 12.6. The standard InChI is InChI=1S/C15H22O2/c1-11-5-7-14(12(2)10-11)15(16)8-6-13-4-3-9-17-13/h5,7,10,13,15-16H,3-4,6,8-9H2,1-2H3. The lowest BCUT2D eigenvalue weighted by Gasteiger charge is -2.16. The van der Waals surface area contributed by atoms with Crippen LogP contribution in [0.15, 0.2) is 18.2 Å². The summed E-state index contributed by atoms with van der Waals surface area (Å²) in [5.41, 5.74) is 3.50. The second kappa shape index (κ2) is 5.65. The number of hydrogen-bond acceptors (Lipinski definition) is 2. The van der Waals surface area contributed by atoms with Crippen LogP contribution in [-0.4, -0.2) is 17.8 Å². The zero-order valence-electron chi connectivity index (χ0n) is 10.8. The molecule has 0 bridgehead atoms. The Morgan fingerprint density at radius 3 is 2.88 bits per heavy atom. The zero-order chi connectivity index (χ0) is 12.3. The molecule has 1 N–H and O–H groups in total. The Hall–Kier alpha value is -0.860. The average molecular weight is 234 g/mol. The molecule has 2 nitrogen and oxygen atoms in total. The summed E-state index contributed by atoms with van der Waals surface area (Å²) < 4.78 is 5.58. The minimum Gasteiger partial charge on any atom is -0.388 e. The summed E-state index contributed by atoms with van der Waals surface area (Å²) in [6, 6.07) is 6.24. The molecule has 2 rings (SSSR count). The Balaban J connectivity index is 1.91. The third-order valence-electron chi connectivity index (χ3n) is 3.57. The summed E-state index contributed by atoms with van der Waals surface area (Å²) in [6.07, 6.45) is 4.11. The minimum atomic E-state index is -0.347. The summed E-state index contributed by atoms with van der Waals surface area (Å²) in [4.78, 5) is 0. The van der Waals surface area contributed by atoms with Crippen molar-refractivity contribution in [1.82, 2.24) is 0 Å². The molecule has 1 saturated heterocycles. The van der Waals surface area contributed by atoms with Crippen molar-refractivity contribution in [3.05, 3.63) is 34.9 Å². The summed E-state index contributed by atoms with van der Waals surface area (Å²) in [6.45, 7) is 5.04. The first-order chi connectivity index (χ1) is 8.16. The predicted molar refractivity (Wildman–Crippen MR) is 69.1 cm³/mol. The molecule has 0 spiro atoms. The van der Waals surface area contributed by atoms with Crippen molar-refractivity contribution in [1.29, 1.82) is 0 Å². The monoisotopic (exact) mass is 234 g/mol. The van der Waals surface area contributed by atoms with E-state index in [-0.39, 0.29) is 6.10 Å². The van der Waals surface area contributed by atoms with Crippen LogP contribution in [0.2, 0.25) is 0 Å². The molecule has 2 atom stereocenters.